The summed E-state index contributed by atoms with van der Waals surface area (Å²) in [5.41, 5.74) is 3.65. The normalized spacial score (nSPS) is 12.5. The zero-order valence-corrected chi connectivity index (χ0v) is 15.1. The summed E-state index contributed by atoms with van der Waals surface area (Å²) in [5.74, 6) is 0.498. The first kappa shape index (κ1) is 15.6. The van der Waals surface area contributed by atoms with Gasteiger partial charge in [-0.2, -0.15) is 0 Å². The van der Waals surface area contributed by atoms with Crippen LogP contribution >= 0.6 is 31.9 Å². The molecule has 0 amide bonds. The van der Waals surface area contributed by atoms with Crippen molar-refractivity contribution in [2.45, 2.75) is 26.8 Å². The van der Waals surface area contributed by atoms with Crippen molar-refractivity contribution in [3.63, 3.8) is 0 Å². The van der Waals surface area contributed by atoms with Gasteiger partial charge in [-0.25, -0.2) is 0 Å². The minimum absolute atomic E-state index is 0.284. The van der Waals surface area contributed by atoms with Crippen molar-refractivity contribution in [2.75, 3.05) is 5.32 Å². The van der Waals surface area contributed by atoms with Gasteiger partial charge in [0.2, 0.25) is 0 Å². The van der Waals surface area contributed by atoms with E-state index >= 15 is 0 Å². The van der Waals surface area contributed by atoms with Crippen molar-refractivity contribution in [1.82, 2.24) is 0 Å². The van der Waals surface area contributed by atoms with Gasteiger partial charge in [-0.1, -0.05) is 44.2 Å². The van der Waals surface area contributed by atoms with Crippen molar-refractivity contribution in [3.05, 3.63) is 62.5 Å². The average Bonchev–Trinajstić information content (AvgIpc) is 2.38. The second-order valence-corrected chi connectivity index (χ2v) is 7.09. The lowest BCUT2D eigenvalue weighted by Gasteiger charge is -2.25. The molecule has 1 N–H and O–H groups in total. The van der Waals surface area contributed by atoms with Crippen LogP contribution in [0.1, 0.15) is 31.0 Å². The maximum absolute atomic E-state index is 3.66. The van der Waals surface area contributed by atoms with Crippen LogP contribution in [0.25, 0.3) is 0 Å². The van der Waals surface area contributed by atoms with E-state index in [1.54, 1.807) is 0 Å². The molecule has 0 fully saturated rings. The monoisotopic (exact) mass is 395 g/mol. The van der Waals surface area contributed by atoms with Crippen LogP contribution < -0.4 is 5.32 Å². The lowest BCUT2D eigenvalue weighted by Crippen LogP contribution is -2.17. The fourth-order valence-corrected chi connectivity index (χ4v) is 3.93. The van der Waals surface area contributed by atoms with Gasteiger partial charge in [0.15, 0.2) is 0 Å². The average molecular weight is 397 g/mol. The molecule has 0 aliphatic rings. The largest absolute Gasteiger partial charge is 0.376 e. The maximum atomic E-state index is 3.66. The van der Waals surface area contributed by atoms with Crippen molar-refractivity contribution in [3.8, 4) is 0 Å². The summed E-state index contributed by atoms with van der Waals surface area (Å²) >= 11 is 7.31. The molecule has 0 spiro atoms. The predicted octanol–water partition coefficient (Wildman–Crippen LogP) is 6.33. The summed E-state index contributed by atoms with van der Waals surface area (Å²) in [5, 5.41) is 3.66. The van der Waals surface area contributed by atoms with Crippen LogP contribution in [-0.2, 0) is 0 Å². The van der Waals surface area contributed by atoms with Crippen molar-refractivity contribution < 1.29 is 0 Å². The van der Waals surface area contributed by atoms with Gasteiger partial charge >= 0.3 is 0 Å². The van der Waals surface area contributed by atoms with Crippen LogP contribution in [0.5, 0.6) is 0 Å². The number of benzene rings is 2. The van der Waals surface area contributed by atoms with Gasteiger partial charge in [0.1, 0.15) is 0 Å². The number of hydrogen-bond acceptors (Lipinski definition) is 1. The molecule has 0 heterocycles. The molecule has 2 aromatic carbocycles. The topological polar surface area (TPSA) is 12.0 Å². The van der Waals surface area contributed by atoms with Gasteiger partial charge in [0, 0.05) is 8.95 Å². The van der Waals surface area contributed by atoms with Crippen LogP contribution in [0.15, 0.2) is 51.4 Å². The van der Waals surface area contributed by atoms with E-state index in [1.165, 1.54) is 11.1 Å². The highest BCUT2D eigenvalue weighted by molar-refractivity contribution is 9.11. The Morgan fingerprint density at radius 2 is 1.50 bits per heavy atom. The van der Waals surface area contributed by atoms with Gasteiger partial charge < -0.3 is 5.32 Å². The van der Waals surface area contributed by atoms with Gasteiger partial charge in [0.25, 0.3) is 0 Å². The van der Waals surface area contributed by atoms with E-state index in [1.807, 2.05) is 0 Å². The highest BCUT2D eigenvalue weighted by atomic mass is 79.9. The molecule has 0 aliphatic carbocycles. The SMILES string of the molecule is Cc1cc(Br)c(NC(c2ccccc2)C(C)C)c(Br)c1. The summed E-state index contributed by atoms with van der Waals surface area (Å²) < 4.78 is 2.18. The minimum atomic E-state index is 0.284. The molecule has 2 aromatic rings. The first-order chi connectivity index (χ1) is 9.49. The Bertz CT molecular complexity index is 556. The number of rotatable bonds is 4. The van der Waals surface area contributed by atoms with Gasteiger partial charge in [-0.3, -0.25) is 0 Å². The van der Waals surface area contributed by atoms with Crippen LogP contribution in [0.2, 0.25) is 0 Å². The molecular formula is C17H19Br2N. The zero-order valence-electron chi connectivity index (χ0n) is 12.0. The lowest BCUT2D eigenvalue weighted by atomic mass is 9.96. The van der Waals surface area contributed by atoms with Crippen molar-refractivity contribution in [2.24, 2.45) is 5.92 Å². The molecule has 1 nitrogen and oxygen atoms in total. The van der Waals surface area contributed by atoms with E-state index in [4.69, 9.17) is 0 Å². The first-order valence-electron chi connectivity index (χ1n) is 6.76. The predicted molar refractivity (Wildman–Crippen MR) is 94.2 cm³/mol. The first-order valence-corrected chi connectivity index (χ1v) is 8.34. The molecule has 0 bridgehead atoms. The molecule has 1 unspecified atom stereocenters. The molecule has 0 radical (unpaired) electrons. The molecular weight excluding hydrogens is 378 g/mol. The Labute approximate surface area is 138 Å². The van der Waals surface area contributed by atoms with Crippen molar-refractivity contribution >= 4 is 37.5 Å². The lowest BCUT2D eigenvalue weighted by molar-refractivity contribution is 0.546. The van der Waals surface area contributed by atoms with Crippen molar-refractivity contribution in [1.29, 1.82) is 0 Å². The molecule has 0 saturated carbocycles. The Morgan fingerprint density at radius 1 is 0.950 bits per heavy atom. The standard InChI is InChI=1S/C17H19Br2N/c1-11(2)16(13-7-5-4-6-8-13)20-17-14(18)9-12(3)10-15(17)19/h4-11,16,20H,1-3H3. The number of nitrogens with one attached hydrogen (secondary N) is 1. The third kappa shape index (κ3) is 3.64. The fourth-order valence-electron chi connectivity index (χ4n) is 2.29. The summed E-state index contributed by atoms with van der Waals surface area (Å²) in [6.45, 7) is 6.57. The van der Waals surface area contributed by atoms with Gasteiger partial charge in [-0.15, -0.1) is 0 Å². The number of anilines is 1. The van der Waals surface area contributed by atoms with Gasteiger partial charge in [0.05, 0.1) is 11.7 Å². The number of halogens is 2. The van der Waals surface area contributed by atoms with Gasteiger partial charge in [-0.05, 0) is 68.0 Å². The smallest absolute Gasteiger partial charge is 0.0634 e. The summed E-state index contributed by atoms with van der Waals surface area (Å²) in [7, 11) is 0. The molecule has 1 atom stereocenters. The Hall–Kier alpha value is -0.800. The number of aryl methyl sites for hydroxylation is 1. The Kier molecular flexibility index (Phi) is 5.28. The van der Waals surface area contributed by atoms with E-state index in [2.05, 4.69) is 100 Å². The Morgan fingerprint density at radius 3 is 2.00 bits per heavy atom. The summed E-state index contributed by atoms with van der Waals surface area (Å²) in [6.07, 6.45) is 0. The van der Waals surface area contributed by atoms with Crippen LogP contribution in [-0.4, -0.2) is 0 Å². The summed E-state index contributed by atoms with van der Waals surface area (Å²) in [4.78, 5) is 0. The third-order valence-electron chi connectivity index (χ3n) is 3.31. The number of hydrogen-bond donors (Lipinski definition) is 1. The maximum Gasteiger partial charge on any atom is 0.0634 e. The van der Waals surface area contributed by atoms with Crippen LogP contribution in [0.4, 0.5) is 5.69 Å². The molecule has 20 heavy (non-hydrogen) atoms. The highest BCUT2D eigenvalue weighted by Crippen LogP contribution is 2.36. The molecule has 2 rings (SSSR count). The van der Waals surface area contributed by atoms with E-state index in [0.29, 0.717) is 5.92 Å². The molecule has 106 valence electrons. The van der Waals surface area contributed by atoms with Crippen LogP contribution in [0, 0.1) is 12.8 Å². The van der Waals surface area contributed by atoms with E-state index < -0.39 is 0 Å². The van der Waals surface area contributed by atoms with E-state index in [-0.39, 0.29) is 6.04 Å². The third-order valence-corrected chi connectivity index (χ3v) is 4.56. The Balaban J connectivity index is 2.35. The molecule has 0 saturated heterocycles. The molecule has 0 aliphatic heterocycles. The quantitative estimate of drug-likeness (QED) is 0.636. The van der Waals surface area contributed by atoms with E-state index in [0.717, 1.165) is 14.6 Å². The second kappa shape index (κ2) is 6.77. The zero-order chi connectivity index (χ0) is 14.7. The fraction of sp³-hybridized carbons (Fsp3) is 0.294. The molecule has 0 aromatic heterocycles. The second-order valence-electron chi connectivity index (χ2n) is 5.38. The minimum Gasteiger partial charge on any atom is -0.376 e. The van der Waals surface area contributed by atoms with Crippen LogP contribution in [0.3, 0.4) is 0 Å². The highest BCUT2D eigenvalue weighted by Gasteiger charge is 2.18. The summed E-state index contributed by atoms with van der Waals surface area (Å²) in [6, 6.07) is 15.1. The van der Waals surface area contributed by atoms with E-state index in [9.17, 15) is 0 Å². The molecule has 3 heteroatoms.